The van der Waals surface area contributed by atoms with Gasteiger partial charge in [-0.15, -0.1) is 0 Å². The van der Waals surface area contributed by atoms with Crippen molar-refractivity contribution in [3.05, 3.63) is 35.4 Å². The molecule has 1 saturated heterocycles. The van der Waals surface area contributed by atoms with E-state index < -0.39 is 9.84 Å². The van der Waals surface area contributed by atoms with Gasteiger partial charge < -0.3 is 5.32 Å². The van der Waals surface area contributed by atoms with E-state index in [2.05, 4.69) is 34.5 Å². The molecule has 1 unspecified atom stereocenters. The predicted molar refractivity (Wildman–Crippen MR) is 84.8 cm³/mol. The second-order valence-corrected chi connectivity index (χ2v) is 8.64. The molecule has 1 N–H and O–H groups in total. The van der Waals surface area contributed by atoms with E-state index >= 15 is 0 Å². The maximum absolute atomic E-state index is 11.6. The molecule has 0 radical (unpaired) electrons. The Balaban J connectivity index is 1.60. The van der Waals surface area contributed by atoms with E-state index in [9.17, 15) is 8.42 Å². The highest BCUT2D eigenvalue weighted by molar-refractivity contribution is 7.91. The molecule has 116 valence electrons. The average molecular weight is 308 g/mol. The van der Waals surface area contributed by atoms with Gasteiger partial charge in [-0.05, 0) is 30.9 Å². The van der Waals surface area contributed by atoms with E-state index in [4.69, 9.17) is 0 Å². The van der Waals surface area contributed by atoms with Gasteiger partial charge in [0, 0.05) is 31.7 Å². The second-order valence-electron chi connectivity index (χ2n) is 6.41. The van der Waals surface area contributed by atoms with Crippen molar-refractivity contribution in [1.29, 1.82) is 0 Å². The summed E-state index contributed by atoms with van der Waals surface area (Å²) in [5.41, 5.74) is 2.59. The third kappa shape index (κ3) is 4.28. The first kappa shape index (κ1) is 15.0. The lowest BCUT2D eigenvalue weighted by molar-refractivity contribution is 0.218. The molecule has 1 heterocycles. The Hall–Kier alpha value is -0.910. The number of hydrogen-bond donors (Lipinski definition) is 1. The SMILES string of the molecule is CC1CS(=O)(=O)CCN1Cc1cccc(CNC2CC2)c1. The van der Waals surface area contributed by atoms with Gasteiger partial charge in [0.1, 0.15) is 0 Å². The molecule has 21 heavy (non-hydrogen) atoms. The fraction of sp³-hybridized carbons (Fsp3) is 0.625. The number of sulfone groups is 1. The maximum Gasteiger partial charge on any atom is 0.153 e. The summed E-state index contributed by atoms with van der Waals surface area (Å²) in [6, 6.07) is 9.47. The van der Waals surface area contributed by atoms with E-state index in [1.165, 1.54) is 24.0 Å². The van der Waals surface area contributed by atoms with E-state index in [0.717, 1.165) is 19.1 Å². The first-order valence-electron chi connectivity index (χ1n) is 7.77. The van der Waals surface area contributed by atoms with E-state index in [1.807, 2.05) is 6.92 Å². The molecule has 1 aromatic carbocycles. The molecule has 1 aliphatic heterocycles. The highest BCUT2D eigenvalue weighted by Crippen LogP contribution is 2.20. The maximum atomic E-state index is 11.6. The molecule has 1 aliphatic carbocycles. The first-order valence-corrected chi connectivity index (χ1v) is 9.60. The molecule has 3 rings (SSSR count). The molecule has 2 fully saturated rings. The minimum atomic E-state index is -2.83. The summed E-state index contributed by atoms with van der Waals surface area (Å²) >= 11 is 0. The van der Waals surface area contributed by atoms with Crippen molar-refractivity contribution in [3.63, 3.8) is 0 Å². The van der Waals surface area contributed by atoms with Crippen LogP contribution in [0.2, 0.25) is 0 Å². The normalized spacial score (nSPS) is 25.9. The van der Waals surface area contributed by atoms with Crippen LogP contribution in [-0.2, 0) is 22.9 Å². The van der Waals surface area contributed by atoms with Gasteiger partial charge in [0.05, 0.1) is 11.5 Å². The van der Waals surface area contributed by atoms with Gasteiger partial charge >= 0.3 is 0 Å². The molecular formula is C16H24N2O2S. The average Bonchev–Trinajstić information content (AvgIpc) is 3.24. The van der Waals surface area contributed by atoms with Crippen molar-refractivity contribution in [2.24, 2.45) is 0 Å². The minimum absolute atomic E-state index is 0.108. The van der Waals surface area contributed by atoms with Crippen molar-refractivity contribution in [1.82, 2.24) is 10.2 Å². The quantitative estimate of drug-likeness (QED) is 0.897. The van der Waals surface area contributed by atoms with E-state index in [0.29, 0.717) is 12.3 Å². The zero-order valence-corrected chi connectivity index (χ0v) is 13.4. The molecule has 5 heteroatoms. The monoisotopic (exact) mass is 308 g/mol. The van der Waals surface area contributed by atoms with Crippen LogP contribution in [0.15, 0.2) is 24.3 Å². The highest BCUT2D eigenvalue weighted by atomic mass is 32.2. The van der Waals surface area contributed by atoms with Gasteiger partial charge in [0.25, 0.3) is 0 Å². The third-order valence-corrected chi connectivity index (χ3v) is 6.15. The third-order valence-electron chi connectivity index (χ3n) is 4.36. The van der Waals surface area contributed by atoms with Crippen LogP contribution in [0.4, 0.5) is 0 Å². The van der Waals surface area contributed by atoms with Crippen LogP contribution in [0.3, 0.4) is 0 Å². The highest BCUT2D eigenvalue weighted by Gasteiger charge is 2.27. The molecule has 4 nitrogen and oxygen atoms in total. The summed E-state index contributed by atoms with van der Waals surface area (Å²) in [7, 11) is -2.83. The Labute approximate surface area is 127 Å². The first-order chi connectivity index (χ1) is 10.0. The predicted octanol–water partition coefficient (Wildman–Crippen LogP) is 1.56. The van der Waals surface area contributed by atoms with Crippen LogP contribution in [0.5, 0.6) is 0 Å². The van der Waals surface area contributed by atoms with E-state index in [1.54, 1.807) is 0 Å². The van der Waals surface area contributed by atoms with Crippen LogP contribution >= 0.6 is 0 Å². The molecule has 0 bridgehead atoms. The summed E-state index contributed by atoms with van der Waals surface area (Å²) < 4.78 is 23.3. The molecule has 0 amide bonds. The molecular weight excluding hydrogens is 284 g/mol. The van der Waals surface area contributed by atoms with Crippen LogP contribution < -0.4 is 5.32 Å². The fourth-order valence-electron chi connectivity index (χ4n) is 2.89. The largest absolute Gasteiger partial charge is 0.310 e. The molecule has 2 aliphatic rings. The van der Waals surface area contributed by atoms with Gasteiger partial charge in [0.15, 0.2) is 9.84 Å². The fourth-order valence-corrected chi connectivity index (χ4v) is 4.52. The Bertz CT molecular complexity index is 596. The lowest BCUT2D eigenvalue weighted by Gasteiger charge is -2.33. The Morgan fingerprint density at radius 3 is 2.76 bits per heavy atom. The zero-order chi connectivity index (χ0) is 14.9. The standard InChI is InChI=1S/C16H24N2O2S/c1-13-12-21(19,20)8-7-18(13)11-15-4-2-3-14(9-15)10-17-16-5-6-16/h2-4,9,13,16-17H,5-8,10-12H2,1H3. The van der Waals surface area contributed by atoms with Crippen molar-refractivity contribution in [3.8, 4) is 0 Å². The summed E-state index contributed by atoms with van der Waals surface area (Å²) in [6.07, 6.45) is 2.61. The van der Waals surface area contributed by atoms with Crippen molar-refractivity contribution < 1.29 is 8.42 Å². The van der Waals surface area contributed by atoms with Crippen LogP contribution in [0, 0.1) is 0 Å². The second kappa shape index (κ2) is 6.07. The van der Waals surface area contributed by atoms with Crippen molar-refractivity contribution >= 4 is 9.84 Å². The van der Waals surface area contributed by atoms with E-state index in [-0.39, 0.29) is 11.8 Å². The number of nitrogens with one attached hydrogen (secondary N) is 1. The Morgan fingerprint density at radius 1 is 1.29 bits per heavy atom. The van der Waals surface area contributed by atoms with Crippen LogP contribution in [-0.4, -0.2) is 43.5 Å². The number of benzene rings is 1. The summed E-state index contributed by atoms with van der Waals surface area (Å²) in [5, 5.41) is 3.53. The van der Waals surface area contributed by atoms with Gasteiger partial charge in [-0.2, -0.15) is 0 Å². The van der Waals surface area contributed by atoms with Crippen LogP contribution in [0.1, 0.15) is 30.9 Å². The van der Waals surface area contributed by atoms with Crippen molar-refractivity contribution in [2.75, 3.05) is 18.1 Å². The van der Waals surface area contributed by atoms with Gasteiger partial charge in [-0.25, -0.2) is 8.42 Å². The van der Waals surface area contributed by atoms with Crippen LogP contribution in [0.25, 0.3) is 0 Å². The summed E-state index contributed by atoms with van der Waals surface area (Å²) in [4.78, 5) is 2.27. The van der Waals surface area contributed by atoms with Gasteiger partial charge in [0.2, 0.25) is 0 Å². The lowest BCUT2D eigenvalue weighted by Crippen LogP contribution is -2.46. The molecule has 1 aromatic rings. The number of nitrogens with zero attached hydrogens (tertiary/aromatic N) is 1. The zero-order valence-electron chi connectivity index (χ0n) is 12.6. The summed E-state index contributed by atoms with van der Waals surface area (Å²) in [5.74, 6) is 0.580. The van der Waals surface area contributed by atoms with Gasteiger partial charge in [-0.1, -0.05) is 24.3 Å². The number of rotatable bonds is 5. The van der Waals surface area contributed by atoms with Gasteiger partial charge in [-0.3, -0.25) is 4.90 Å². The molecule has 0 spiro atoms. The lowest BCUT2D eigenvalue weighted by atomic mass is 10.1. The molecule has 1 saturated carbocycles. The smallest absolute Gasteiger partial charge is 0.153 e. The molecule has 1 atom stereocenters. The minimum Gasteiger partial charge on any atom is -0.310 e. The summed E-state index contributed by atoms with van der Waals surface area (Å²) in [6.45, 7) is 4.43. The Kier molecular flexibility index (Phi) is 4.33. The van der Waals surface area contributed by atoms with Crippen molar-refractivity contribution in [2.45, 2.75) is 44.9 Å². The molecule has 0 aromatic heterocycles. The Morgan fingerprint density at radius 2 is 2.05 bits per heavy atom. The number of hydrogen-bond acceptors (Lipinski definition) is 4. The topological polar surface area (TPSA) is 49.4 Å².